The van der Waals surface area contributed by atoms with Gasteiger partial charge in [0.25, 0.3) is 11.1 Å². The van der Waals surface area contributed by atoms with Crippen molar-refractivity contribution in [3.05, 3.63) is 62.1 Å². The maximum absolute atomic E-state index is 12.8. The van der Waals surface area contributed by atoms with E-state index in [-0.39, 0.29) is 10.6 Å². The van der Waals surface area contributed by atoms with Crippen molar-refractivity contribution in [2.24, 2.45) is 0 Å². The lowest BCUT2D eigenvalue weighted by Gasteiger charge is -2.13. The molecule has 0 unspecified atom stereocenters. The van der Waals surface area contributed by atoms with Crippen LogP contribution >= 0.6 is 34.4 Å². The Hall–Kier alpha value is -2.54. The Morgan fingerprint density at radius 1 is 1.23 bits per heavy atom. The fraction of sp³-hybridized carbons (Fsp3) is 0.150. The number of rotatable bonds is 5. The highest BCUT2D eigenvalue weighted by Gasteiger charge is 2.36. The number of halogens is 4. The molecular formula is C20H14F3IN2O4S. The molecule has 0 aromatic heterocycles. The molecule has 0 atom stereocenters. The van der Waals surface area contributed by atoms with Crippen LogP contribution in [0.5, 0.6) is 5.75 Å². The number of carbonyl (C=O) groups is 3. The van der Waals surface area contributed by atoms with Gasteiger partial charge < -0.3 is 10.1 Å². The Balaban J connectivity index is 1.70. The minimum absolute atomic E-state index is 0.0878. The number of anilines is 1. The first kappa shape index (κ1) is 23.1. The smallest absolute Gasteiger partial charge is 0.416 e. The standard InChI is InChI=1S/C20H14F3IN2O4S/c1-30-15-6-5-11(7-14(15)24)8-16-18(28)26(19(29)31-16)10-17(27)25-13-4-2-3-12(9-13)20(21,22)23/h2-9H,10H2,1H3,(H,25,27)/b16-8-. The first-order chi connectivity index (χ1) is 14.6. The molecule has 1 aliphatic heterocycles. The van der Waals surface area contributed by atoms with Crippen molar-refractivity contribution in [3.8, 4) is 5.75 Å². The summed E-state index contributed by atoms with van der Waals surface area (Å²) in [6.07, 6.45) is -3.03. The van der Waals surface area contributed by atoms with Crippen molar-refractivity contribution in [1.82, 2.24) is 4.90 Å². The van der Waals surface area contributed by atoms with Gasteiger partial charge in [-0.1, -0.05) is 12.1 Å². The Kier molecular flexibility index (Phi) is 6.94. The van der Waals surface area contributed by atoms with Crippen LogP contribution in [0.15, 0.2) is 47.4 Å². The van der Waals surface area contributed by atoms with Gasteiger partial charge in [-0.15, -0.1) is 0 Å². The molecule has 1 saturated heterocycles. The van der Waals surface area contributed by atoms with Gasteiger partial charge in [0.2, 0.25) is 5.91 Å². The topological polar surface area (TPSA) is 75.7 Å². The second kappa shape index (κ2) is 9.30. The van der Waals surface area contributed by atoms with Gasteiger partial charge in [-0.05, 0) is 76.3 Å². The fourth-order valence-electron chi connectivity index (χ4n) is 2.68. The largest absolute Gasteiger partial charge is 0.496 e. The Morgan fingerprint density at radius 2 is 1.97 bits per heavy atom. The van der Waals surface area contributed by atoms with E-state index in [0.29, 0.717) is 23.1 Å². The molecule has 0 saturated carbocycles. The van der Waals surface area contributed by atoms with Crippen molar-refractivity contribution in [2.75, 3.05) is 19.0 Å². The van der Waals surface area contributed by atoms with Gasteiger partial charge in [0, 0.05) is 5.69 Å². The molecule has 1 aliphatic rings. The van der Waals surface area contributed by atoms with Crippen molar-refractivity contribution in [2.45, 2.75) is 6.18 Å². The van der Waals surface area contributed by atoms with Gasteiger partial charge >= 0.3 is 6.18 Å². The van der Waals surface area contributed by atoms with Gasteiger partial charge in [-0.2, -0.15) is 13.2 Å². The highest BCUT2D eigenvalue weighted by molar-refractivity contribution is 14.1. The summed E-state index contributed by atoms with van der Waals surface area (Å²) in [7, 11) is 1.53. The molecular weight excluding hydrogens is 548 g/mol. The molecule has 1 fully saturated rings. The molecule has 0 radical (unpaired) electrons. The zero-order valence-electron chi connectivity index (χ0n) is 15.8. The van der Waals surface area contributed by atoms with E-state index < -0.39 is 35.3 Å². The average molecular weight is 562 g/mol. The van der Waals surface area contributed by atoms with Crippen LogP contribution in [0.25, 0.3) is 6.08 Å². The number of methoxy groups -OCH3 is 1. The van der Waals surface area contributed by atoms with Crippen LogP contribution in [0.3, 0.4) is 0 Å². The molecule has 3 rings (SSSR count). The number of hydrogen-bond donors (Lipinski definition) is 1. The van der Waals surface area contributed by atoms with Gasteiger partial charge in [0.1, 0.15) is 12.3 Å². The van der Waals surface area contributed by atoms with E-state index in [2.05, 4.69) is 27.9 Å². The number of nitrogens with zero attached hydrogens (tertiary/aromatic N) is 1. The summed E-state index contributed by atoms with van der Waals surface area (Å²) in [6, 6.07) is 9.29. The number of benzene rings is 2. The Bertz CT molecular complexity index is 1090. The lowest BCUT2D eigenvalue weighted by Crippen LogP contribution is -2.36. The number of carbonyl (C=O) groups excluding carboxylic acids is 3. The van der Waals surface area contributed by atoms with Crippen LogP contribution in [0.4, 0.5) is 23.7 Å². The molecule has 0 spiro atoms. The molecule has 3 amide bonds. The predicted molar refractivity (Wildman–Crippen MR) is 118 cm³/mol. The second-order valence-electron chi connectivity index (χ2n) is 6.29. The first-order valence-electron chi connectivity index (χ1n) is 8.64. The minimum atomic E-state index is -4.56. The summed E-state index contributed by atoms with van der Waals surface area (Å²) < 4.78 is 44.4. The van der Waals surface area contributed by atoms with E-state index in [4.69, 9.17) is 4.74 Å². The minimum Gasteiger partial charge on any atom is -0.496 e. The maximum Gasteiger partial charge on any atom is 0.416 e. The van der Waals surface area contributed by atoms with Gasteiger partial charge in [-0.25, -0.2) is 0 Å². The van der Waals surface area contributed by atoms with E-state index >= 15 is 0 Å². The van der Waals surface area contributed by atoms with E-state index in [1.54, 1.807) is 18.2 Å². The van der Waals surface area contributed by atoms with Crippen molar-refractivity contribution >= 4 is 63.2 Å². The number of hydrogen-bond acceptors (Lipinski definition) is 5. The third kappa shape index (κ3) is 5.58. The van der Waals surface area contributed by atoms with E-state index in [0.717, 1.165) is 26.7 Å². The van der Waals surface area contributed by atoms with Crippen LogP contribution in [-0.4, -0.2) is 35.6 Å². The number of alkyl halides is 3. The molecule has 2 aromatic rings. The molecule has 0 bridgehead atoms. The van der Waals surface area contributed by atoms with Crippen molar-refractivity contribution in [3.63, 3.8) is 0 Å². The van der Waals surface area contributed by atoms with Gasteiger partial charge in [-0.3, -0.25) is 19.3 Å². The van der Waals surface area contributed by atoms with Crippen LogP contribution in [0, 0.1) is 3.57 Å². The second-order valence-corrected chi connectivity index (χ2v) is 8.44. The first-order valence-corrected chi connectivity index (χ1v) is 10.5. The lowest BCUT2D eigenvalue weighted by molar-refractivity contribution is -0.137. The zero-order valence-corrected chi connectivity index (χ0v) is 18.8. The Labute approximate surface area is 193 Å². The molecule has 31 heavy (non-hydrogen) atoms. The lowest BCUT2D eigenvalue weighted by atomic mass is 10.2. The number of amides is 3. The van der Waals surface area contributed by atoms with E-state index in [1.807, 2.05) is 0 Å². The molecule has 6 nitrogen and oxygen atoms in total. The maximum atomic E-state index is 12.8. The molecule has 1 N–H and O–H groups in total. The van der Waals surface area contributed by atoms with Crippen LogP contribution in [-0.2, 0) is 15.8 Å². The van der Waals surface area contributed by atoms with Crippen molar-refractivity contribution < 1.29 is 32.3 Å². The van der Waals surface area contributed by atoms with Gasteiger partial charge in [0.05, 0.1) is 21.1 Å². The summed E-state index contributed by atoms with van der Waals surface area (Å²) in [5.74, 6) is -0.779. The van der Waals surface area contributed by atoms with Crippen LogP contribution in [0.2, 0.25) is 0 Å². The van der Waals surface area contributed by atoms with Crippen LogP contribution in [0.1, 0.15) is 11.1 Å². The fourth-order valence-corrected chi connectivity index (χ4v) is 4.28. The molecule has 162 valence electrons. The number of nitrogens with one attached hydrogen (secondary N) is 1. The molecule has 0 aliphatic carbocycles. The van der Waals surface area contributed by atoms with E-state index in [1.165, 1.54) is 19.3 Å². The highest BCUT2D eigenvalue weighted by atomic mass is 127. The molecule has 2 aromatic carbocycles. The SMILES string of the molecule is COc1ccc(/C=C2\SC(=O)N(CC(=O)Nc3cccc(C(F)(F)F)c3)C2=O)cc1I. The monoisotopic (exact) mass is 562 g/mol. The van der Waals surface area contributed by atoms with Gasteiger partial charge in [0.15, 0.2) is 0 Å². The predicted octanol–water partition coefficient (Wildman–Crippen LogP) is 4.99. The molecule has 11 heteroatoms. The quantitative estimate of drug-likeness (QED) is 0.411. The third-order valence-corrected chi connectivity index (χ3v) is 5.87. The Morgan fingerprint density at radius 3 is 2.61 bits per heavy atom. The summed E-state index contributed by atoms with van der Waals surface area (Å²) >= 11 is 2.76. The summed E-state index contributed by atoms with van der Waals surface area (Å²) in [5.41, 5.74) is -0.340. The summed E-state index contributed by atoms with van der Waals surface area (Å²) in [6.45, 7) is -0.613. The van der Waals surface area contributed by atoms with Crippen LogP contribution < -0.4 is 10.1 Å². The number of thioether (sulfide) groups is 1. The third-order valence-electron chi connectivity index (χ3n) is 4.12. The normalized spacial score (nSPS) is 15.5. The van der Waals surface area contributed by atoms with Crippen molar-refractivity contribution in [1.29, 1.82) is 0 Å². The number of imide groups is 1. The zero-order chi connectivity index (χ0) is 22.8. The highest BCUT2D eigenvalue weighted by Crippen LogP contribution is 2.33. The summed E-state index contributed by atoms with van der Waals surface area (Å²) in [4.78, 5) is 37.9. The number of ether oxygens (including phenoxy) is 1. The molecule has 1 heterocycles. The average Bonchev–Trinajstić information content (AvgIpc) is 2.95. The summed E-state index contributed by atoms with van der Waals surface area (Å²) in [5, 5.41) is 1.64. The van der Waals surface area contributed by atoms with E-state index in [9.17, 15) is 27.6 Å².